The molecule has 2 unspecified atom stereocenters. The molecule has 4 fully saturated rings. The van der Waals surface area contributed by atoms with E-state index in [1.807, 2.05) is 0 Å². The molecule has 2 nitrogen and oxygen atoms in total. The molecule has 0 spiro atoms. The quantitative estimate of drug-likeness (QED) is 0.400. The maximum atomic E-state index is 6.49. The van der Waals surface area contributed by atoms with Crippen LogP contribution >= 0.6 is 0 Å². The Morgan fingerprint density at radius 1 is 0.882 bits per heavy atom. The van der Waals surface area contributed by atoms with Gasteiger partial charge in [-0.25, -0.2) is 0 Å². The molecule has 0 aromatic carbocycles. The summed E-state index contributed by atoms with van der Waals surface area (Å²) in [6.45, 7) is 4.94. The van der Waals surface area contributed by atoms with Crippen LogP contribution in [-0.4, -0.2) is 5.54 Å². The van der Waals surface area contributed by atoms with Gasteiger partial charge in [0.2, 0.25) is 0 Å². The maximum Gasteiger partial charge on any atom is 2.00 e. The largest absolute Gasteiger partial charge is 2.00 e. The number of rotatable bonds is 0. The topological polar surface area (TPSA) is 61.0 Å². The Kier molecular flexibility index (Phi) is 6.84. The summed E-state index contributed by atoms with van der Waals surface area (Å²) < 4.78 is 0. The third-order valence-corrected chi connectivity index (χ3v) is 4.67. The first-order valence-electron chi connectivity index (χ1n) is 5.70. The van der Waals surface area contributed by atoms with E-state index in [-0.39, 0.29) is 57.6 Å². The molecule has 106 valence electrons. The molecule has 4 aliphatic rings. The van der Waals surface area contributed by atoms with Crippen molar-refractivity contribution >= 4 is 0 Å². The maximum absolute atomic E-state index is 6.49. The van der Waals surface area contributed by atoms with Crippen molar-refractivity contribution in [3.05, 3.63) is 0 Å². The summed E-state index contributed by atoms with van der Waals surface area (Å²) in [5.41, 5.74) is 7.92. The fourth-order valence-electron chi connectivity index (χ4n) is 5.54. The average molecular weight is 462 g/mol. The van der Waals surface area contributed by atoms with E-state index in [9.17, 15) is 0 Å². The molecule has 5 heteroatoms. The van der Waals surface area contributed by atoms with Gasteiger partial charge in [0.25, 0.3) is 0 Å². The molecule has 2 atom stereocenters. The second kappa shape index (κ2) is 5.67. The standard InChI is InChI=1S/C12H21N.2ClH.H3N.Pt/c1-10-3-9-4-11(2,6-10)8-12(13,5-9)7-10;;;;/h9H,3-8,13H2,1-2H3;2*1H;1H3;/q;;;;+2/p-2. The zero-order valence-electron chi connectivity index (χ0n) is 10.7. The second-order valence-corrected chi connectivity index (χ2v) is 6.99. The summed E-state index contributed by atoms with van der Waals surface area (Å²) >= 11 is 0. The zero-order chi connectivity index (χ0) is 9.32. The predicted molar refractivity (Wildman–Crippen MR) is 59.3 cm³/mol. The van der Waals surface area contributed by atoms with Gasteiger partial charge >= 0.3 is 21.1 Å². The van der Waals surface area contributed by atoms with Crippen LogP contribution in [0.5, 0.6) is 0 Å². The Labute approximate surface area is 132 Å². The average Bonchev–Trinajstić information content (AvgIpc) is 1.71. The smallest absolute Gasteiger partial charge is 1.00 e. The van der Waals surface area contributed by atoms with E-state index >= 15 is 0 Å². The van der Waals surface area contributed by atoms with Crippen LogP contribution in [0.1, 0.15) is 52.4 Å². The molecular formula is C12H24Cl2N2Pt. The minimum atomic E-state index is 0. The van der Waals surface area contributed by atoms with Crippen LogP contribution in [0.2, 0.25) is 0 Å². The number of nitrogens with two attached hydrogens (primary N) is 1. The summed E-state index contributed by atoms with van der Waals surface area (Å²) in [7, 11) is 0. The number of hydrogen-bond acceptors (Lipinski definition) is 2. The van der Waals surface area contributed by atoms with Crippen molar-refractivity contribution in [3.63, 3.8) is 0 Å². The monoisotopic (exact) mass is 461 g/mol. The van der Waals surface area contributed by atoms with Crippen molar-refractivity contribution in [1.82, 2.24) is 6.15 Å². The van der Waals surface area contributed by atoms with E-state index in [1.165, 1.54) is 38.5 Å². The molecule has 4 saturated carbocycles. The molecule has 5 N–H and O–H groups in total. The van der Waals surface area contributed by atoms with Gasteiger partial charge in [0.15, 0.2) is 0 Å². The Bertz CT molecular complexity index is 224. The summed E-state index contributed by atoms with van der Waals surface area (Å²) in [6, 6.07) is 0. The first kappa shape index (κ1) is 20.5. The molecule has 4 aliphatic carbocycles. The van der Waals surface area contributed by atoms with Gasteiger partial charge in [0.1, 0.15) is 0 Å². The van der Waals surface area contributed by atoms with Crippen LogP contribution in [0.3, 0.4) is 0 Å². The number of hydrogen-bond donors (Lipinski definition) is 2. The molecule has 0 radical (unpaired) electrons. The van der Waals surface area contributed by atoms with Crippen molar-refractivity contribution in [1.29, 1.82) is 0 Å². The van der Waals surface area contributed by atoms with Gasteiger partial charge in [-0.1, -0.05) is 13.8 Å². The fraction of sp³-hybridized carbons (Fsp3) is 1.00. The van der Waals surface area contributed by atoms with Crippen LogP contribution in [0.4, 0.5) is 0 Å². The van der Waals surface area contributed by atoms with E-state index in [2.05, 4.69) is 13.8 Å². The molecule has 4 bridgehead atoms. The molecule has 0 saturated heterocycles. The first-order chi connectivity index (χ1) is 5.91. The summed E-state index contributed by atoms with van der Waals surface area (Å²) in [5.74, 6) is 0.955. The normalized spacial score (nSPS) is 49.2. The minimum absolute atomic E-state index is 0. The van der Waals surface area contributed by atoms with Gasteiger partial charge in [-0.2, -0.15) is 0 Å². The van der Waals surface area contributed by atoms with Crippen molar-refractivity contribution < 1.29 is 45.9 Å². The van der Waals surface area contributed by atoms with Gasteiger partial charge in [-0.05, 0) is 55.3 Å². The Hall–Kier alpha value is 1.19. The van der Waals surface area contributed by atoms with Crippen LogP contribution in [0.25, 0.3) is 0 Å². The molecule has 0 amide bonds. The minimum Gasteiger partial charge on any atom is -1.00 e. The molecule has 0 heterocycles. The molecule has 0 aromatic rings. The first-order valence-corrected chi connectivity index (χ1v) is 5.70. The molecule has 17 heavy (non-hydrogen) atoms. The fourth-order valence-corrected chi connectivity index (χ4v) is 5.54. The SMILES string of the molecule is CC12CC3CC(C)(C1)CC(N)(C3)C2.N.[Cl-].[Cl-].[Pt+2]. The molecule has 0 aliphatic heterocycles. The zero-order valence-corrected chi connectivity index (χ0v) is 14.5. The van der Waals surface area contributed by atoms with E-state index in [4.69, 9.17) is 5.73 Å². The molecule has 0 aromatic heterocycles. The van der Waals surface area contributed by atoms with Gasteiger partial charge in [0, 0.05) is 5.54 Å². The van der Waals surface area contributed by atoms with Crippen molar-refractivity contribution in [2.75, 3.05) is 0 Å². The van der Waals surface area contributed by atoms with Crippen LogP contribution < -0.4 is 36.7 Å². The van der Waals surface area contributed by atoms with E-state index in [0.717, 1.165) is 5.92 Å². The second-order valence-electron chi connectivity index (χ2n) is 6.99. The van der Waals surface area contributed by atoms with Gasteiger partial charge in [-0.15, -0.1) is 0 Å². The number of halogens is 2. The predicted octanol–water partition coefficient (Wildman–Crippen LogP) is -3.14. The Balaban J connectivity index is 0. The third kappa shape index (κ3) is 3.39. The third-order valence-electron chi connectivity index (χ3n) is 4.67. The van der Waals surface area contributed by atoms with E-state index in [1.54, 1.807) is 0 Å². The Morgan fingerprint density at radius 2 is 1.29 bits per heavy atom. The molecule has 4 rings (SSSR count). The summed E-state index contributed by atoms with van der Waals surface area (Å²) in [4.78, 5) is 0. The van der Waals surface area contributed by atoms with Gasteiger partial charge in [0.05, 0.1) is 0 Å². The van der Waals surface area contributed by atoms with Crippen LogP contribution in [-0.2, 0) is 21.1 Å². The van der Waals surface area contributed by atoms with Crippen LogP contribution in [0.15, 0.2) is 0 Å². The van der Waals surface area contributed by atoms with E-state index in [0.29, 0.717) is 10.8 Å². The van der Waals surface area contributed by atoms with Crippen molar-refractivity contribution in [3.8, 4) is 0 Å². The van der Waals surface area contributed by atoms with E-state index < -0.39 is 0 Å². The van der Waals surface area contributed by atoms with Gasteiger partial charge < -0.3 is 36.7 Å². The Morgan fingerprint density at radius 3 is 1.59 bits per heavy atom. The summed E-state index contributed by atoms with van der Waals surface area (Å²) in [6.07, 6.45) is 8.27. The summed E-state index contributed by atoms with van der Waals surface area (Å²) in [5, 5.41) is 0. The molecular weight excluding hydrogens is 438 g/mol. The van der Waals surface area contributed by atoms with Crippen molar-refractivity contribution in [2.24, 2.45) is 22.5 Å². The van der Waals surface area contributed by atoms with Crippen molar-refractivity contribution in [2.45, 2.75) is 57.9 Å². The van der Waals surface area contributed by atoms with Gasteiger partial charge in [-0.3, -0.25) is 0 Å². The van der Waals surface area contributed by atoms with Crippen LogP contribution in [0, 0.1) is 16.7 Å².